The fourth-order valence-electron chi connectivity index (χ4n) is 2.34. The third-order valence-corrected chi connectivity index (χ3v) is 3.46. The first kappa shape index (κ1) is 12.7. The summed E-state index contributed by atoms with van der Waals surface area (Å²) < 4.78 is 1.72. The van der Waals surface area contributed by atoms with E-state index in [1.165, 1.54) is 18.4 Å². The number of aromatic nitrogens is 1. The van der Waals surface area contributed by atoms with E-state index in [-0.39, 0.29) is 5.56 Å². The SMILES string of the molecule is C=C(C)Nc1cccc(-n2cc(C3CC3)ccc2=O)c1. The Labute approximate surface area is 118 Å². The van der Waals surface area contributed by atoms with Crippen molar-refractivity contribution in [3.8, 4) is 5.69 Å². The van der Waals surface area contributed by atoms with E-state index in [1.54, 1.807) is 10.6 Å². The van der Waals surface area contributed by atoms with Gasteiger partial charge < -0.3 is 5.32 Å². The van der Waals surface area contributed by atoms with E-state index in [0.29, 0.717) is 5.92 Å². The van der Waals surface area contributed by atoms with Crippen LogP contribution in [0.1, 0.15) is 31.2 Å². The second-order valence-electron chi connectivity index (χ2n) is 5.40. The molecule has 1 aliphatic carbocycles. The van der Waals surface area contributed by atoms with Gasteiger partial charge in [-0.05, 0) is 49.4 Å². The van der Waals surface area contributed by atoms with Gasteiger partial charge in [0.05, 0.1) is 5.69 Å². The van der Waals surface area contributed by atoms with E-state index < -0.39 is 0 Å². The maximum absolute atomic E-state index is 12.1. The van der Waals surface area contributed by atoms with Crippen LogP contribution < -0.4 is 10.9 Å². The second kappa shape index (κ2) is 5.00. The highest BCUT2D eigenvalue weighted by molar-refractivity contribution is 5.54. The molecule has 0 aliphatic heterocycles. The van der Waals surface area contributed by atoms with Gasteiger partial charge in [-0.1, -0.05) is 18.7 Å². The molecule has 0 spiro atoms. The van der Waals surface area contributed by atoms with Crippen LogP contribution in [0.15, 0.2) is 59.7 Å². The summed E-state index contributed by atoms with van der Waals surface area (Å²) in [6.07, 6.45) is 4.44. The molecule has 2 aromatic rings. The Morgan fingerprint density at radius 2 is 2.10 bits per heavy atom. The summed E-state index contributed by atoms with van der Waals surface area (Å²) in [5.74, 6) is 0.638. The topological polar surface area (TPSA) is 34.0 Å². The summed E-state index contributed by atoms with van der Waals surface area (Å²) in [5.41, 5.74) is 3.95. The summed E-state index contributed by atoms with van der Waals surface area (Å²) >= 11 is 0. The van der Waals surface area contributed by atoms with Gasteiger partial charge in [0.15, 0.2) is 0 Å². The summed E-state index contributed by atoms with van der Waals surface area (Å²) in [4.78, 5) is 12.1. The van der Waals surface area contributed by atoms with Gasteiger partial charge in [0.25, 0.3) is 5.56 Å². The van der Waals surface area contributed by atoms with Crippen LogP contribution in [0.3, 0.4) is 0 Å². The Hall–Kier alpha value is -2.29. The zero-order valence-electron chi connectivity index (χ0n) is 11.6. The number of hydrogen-bond donors (Lipinski definition) is 1. The molecule has 1 N–H and O–H groups in total. The predicted octanol–water partition coefficient (Wildman–Crippen LogP) is 3.66. The monoisotopic (exact) mass is 266 g/mol. The van der Waals surface area contributed by atoms with Crippen LogP contribution in [-0.4, -0.2) is 4.57 Å². The average Bonchev–Trinajstić information content (AvgIpc) is 3.23. The largest absolute Gasteiger partial charge is 0.360 e. The molecule has 0 radical (unpaired) electrons. The number of anilines is 1. The zero-order valence-corrected chi connectivity index (χ0v) is 11.6. The molecule has 1 aromatic carbocycles. The molecule has 0 amide bonds. The van der Waals surface area contributed by atoms with Crippen molar-refractivity contribution >= 4 is 5.69 Å². The van der Waals surface area contributed by atoms with Gasteiger partial charge in [0.1, 0.15) is 0 Å². The first-order valence-corrected chi connectivity index (χ1v) is 6.89. The normalized spacial score (nSPS) is 14.1. The summed E-state index contributed by atoms with van der Waals surface area (Å²) in [7, 11) is 0. The summed E-state index contributed by atoms with van der Waals surface area (Å²) in [6.45, 7) is 5.75. The number of allylic oxidation sites excluding steroid dienone is 1. The van der Waals surface area contributed by atoms with E-state index in [2.05, 4.69) is 11.9 Å². The highest BCUT2D eigenvalue weighted by Crippen LogP contribution is 2.39. The molecule has 1 saturated carbocycles. The smallest absolute Gasteiger partial charge is 0.255 e. The number of rotatable bonds is 4. The fourth-order valence-corrected chi connectivity index (χ4v) is 2.34. The summed E-state index contributed by atoms with van der Waals surface area (Å²) in [5, 5.41) is 3.17. The van der Waals surface area contributed by atoms with Crippen molar-refractivity contribution in [3.63, 3.8) is 0 Å². The molecular formula is C17H18N2O. The number of pyridine rings is 1. The van der Waals surface area contributed by atoms with Gasteiger partial charge in [-0.3, -0.25) is 9.36 Å². The molecule has 0 saturated heterocycles. The number of hydrogen-bond acceptors (Lipinski definition) is 2. The van der Waals surface area contributed by atoms with Crippen LogP contribution in [0, 0.1) is 0 Å². The maximum Gasteiger partial charge on any atom is 0.255 e. The lowest BCUT2D eigenvalue weighted by molar-refractivity contribution is 0.949. The molecular weight excluding hydrogens is 248 g/mol. The molecule has 1 fully saturated rings. The van der Waals surface area contributed by atoms with E-state index >= 15 is 0 Å². The number of nitrogens with one attached hydrogen (secondary N) is 1. The van der Waals surface area contributed by atoms with Crippen molar-refractivity contribution in [1.29, 1.82) is 0 Å². The molecule has 1 aliphatic rings. The molecule has 3 heteroatoms. The second-order valence-corrected chi connectivity index (χ2v) is 5.40. The highest BCUT2D eigenvalue weighted by atomic mass is 16.1. The molecule has 0 bridgehead atoms. The number of nitrogens with zero attached hydrogens (tertiary/aromatic N) is 1. The van der Waals surface area contributed by atoms with E-state index in [1.807, 2.05) is 43.5 Å². The van der Waals surface area contributed by atoms with Crippen LogP contribution in [0.4, 0.5) is 5.69 Å². The van der Waals surface area contributed by atoms with Crippen LogP contribution in [0.25, 0.3) is 5.69 Å². The third kappa shape index (κ3) is 2.67. The van der Waals surface area contributed by atoms with Crippen molar-refractivity contribution in [3.05, 3.63) is 70.8 Å². The quantitative estimate of drug-likeness (QED) is 0.916. The minimum absolute atomic E-state index is 0.00174. The van der Waals surface area contributed by atoms with Crippen LogP contribution in [-0.2, 0) is 0 Å². The van der Waals surface area contributed by atoms with Crippen molar-refractivity contribution in [2.75, 3.05) is 5.32 Å². The molecule has 3 nitrogen and oxygen atoms in total. The predicted molar refractivity (Wildman–Crippen MR) is 82.5 cm³/mol. The Morgan fingerprint density at radius 3 is 2.80 bits per heavy atom. The molecule has 3 rings (SSSR count). The Bertz CT molecular complexity index is 711. The lowest BCUT2D eigenvalue weighted by Crippen LogP contribution is -2.17. The maximum atomic E-state index is 12.1. The minimum atomic E-state index is 0.00174. The summed E-state index contributed by atoms with van der Waals surface area (Å²) in [6, 6.07) is 11.4. The van der Waals surface area contributed by atoms with Crippen molar-refractivity contribution in [2.45, 2.75) is 25.7 Å². The Kier molecular flexibility index (Phi) is 3.18. The van der Waals surface area contributed by atoms with Gasteiger partial charge >= 0.3 is 0 Å². The zero-order chi connectivity index (χ0) is 14.1. The first-order valence-electron chi connectivity index (χ1n) is 6.89. The molecule has 102 valence electrons. The molecule has 0 atom stereocenters. The molecule has 0 unspecified atom stereocenters. The molecule has 20 heavy (non-hydrogen) atoms. The van der Waals surface area contributed by atoms with Gasteiger partial charge in [0.2, 0.25) is 0 Å². The van der Waals surface area contributed by atoms with Gasteiger partial charge in [-0.15, -0.1) is 0 Å². The van der Waals surface area contributed by atoms with Crippen molar-refractivity contribution < 1.29 is 0 Å². The average molecular weight is 266 g/mol. The third-order valence-electron chi connectivity index (χ3n) is 3.46. The lowest BCUT2D eigenvalue weighted by Gasteiger charge is -2.11. The minimum Gasteiger partial charge on any atom is -0.360 e. The Morgan fingerprint density at radius 1 is 1.30 bits per heavy atom. The lowest BCUT2D eigenvalue weighted by atomic mass is 10.2. The van der Waals surface area contributed by atoms with Crippen molar-refractivity contribution in [2.24, 2.45) is 0 Å². The number of benzene rings is 1. The van der Waals surface area contributed by atoms with E-state index in [4.69, 9.17) is 0 Å². The van der Waals surface area contributed by atoms with Gasteiger partial charge in [0, 0.05) is 23.6 Å². The van der Waals surface area contributed by atoms with Crippen LogP contribution in [0.2, 0.25) is 0 Å². The molecule has 1 aromatic heterocycles. The first-order chi connectivity index (χ1) is 9.63. The van der Waals surface area contributed by atoms with Gasteiger partial charge in [-0.25, -0.2) is 0 Å². The van der Waals surface area contributed by atoms with E-state index in [9.17, 15) is 4.79 Å². The van der Waals surface area contributed by atoms with Crippen molar-refractivity contribution in [1.82, 2.24) is 4.57 Å². The van der Waals surface area contributed by atoms with Crippen LogP contribution >= 0.6 is 0 Å². The molecule has 1 heterocycles. The van der Waals surface area contributed by atoms with Crippen LogP contribution in [0.5, 0.6) is 0 Å². The highest BCUT2D eigenvalue weighted by Gasteiger charge is 2.24. The Balaban J connectivity index is 2.01. The fraction of sp³-hybridized carbons (Fsp3) is 0.235. The van der Waals surface area contributed by atoms with Gasteiger partial charge in [-0.2, -0.15) is 0 Å². The standard InChI is InChI=1S/C17H18N2O/c1-12(2)18-15-4-3-5-16(10-15)19-11-14(13-6-7-13)8-9-17(19)20/h3-5,8-11,13,18H,1,6-7H2,2H3. The van der Waals surface area contributed by atoms with E-state index in [0.717, 1.165) is 17.1 Å².